The van der Waals surface area contributed by atoms with E-state index in [0.29, 0.717) is 0 Å². The Balaban J connectivity index is 2.06. The quantitative estimate of drug-likeness (QED) is 0.714. The van der Waals surface area contributed by atoms with Gasteiger partial charge in [-0.05, 0) is 22.6 Å². The van der Waals surface area contributed by atoms with Crippen LogP contribution in [0.4, 0.5) is 0 Å². The standard InChI is InChI=1S/C16H17P/c1-2-3-7-14-10-12-16(13-11-14)17-15-8-5-4-6-9-15/h3-13,17H,2H2,1H3/b7-3+. The molecule has 0 bridgehead atoms. The van der Waals surface area contributed by atoms with Gasteiger partial charge in [-0.1, -0.05) is 82.3 Å². The van der Waals surface area contributed by atoms with Crippen LogP contribution in [0.5, 0.6) is 0 Å². The molecule has 0 aliphatic rings. The van der Waals surface area contributed by atoms with Crippen molar-refractivity contribution in [3.05, 3.63) is 66.2 Å². The van der Waals surface area contributed by atoms with E-state index in [2.05, 4.69) is 73.7 Å². The molecule has 0 aliphatic carbocycles. The van der Waals surface area contributed by atoms with Crippen molar-refractivity contribution < 1.29 is 0 Å². The lowest BCUT2D eigenvalue weighted by Gasteiger charge is -2.02. The molecular formula is C16H17P. The van der Waals surface area contributed by atoms with Crippen molar-refractivity contribution in [1.82, 2.24) is 0 Å². The van der Waals surface area contributed by atoms with E-state index in [9.17, 15) is 0 Å². The summed E-state index contributed by atoms with van der Waals surface area (Å²) in [7, 11) is 0.751. The lowest BCUT2D eigenvalue weighted by molar-refractivity contribution is 1.23. The van der Waals surface area contributed by atoms with Gasteiger partial charge in [0, 0.05) is 0 Å². The molecule has 1 unspecified atom stereocenters. The normalized spacial score (nSPS) is 11.6. The van der Waals surface area contributed by atoms with E-state index in [0.717, 1.165) is 15.0 Å². The predicted octanol–water partition coefficient (Wildman–Crippen LogP) is 3.74. The Morgan fingerprint density at radius 3 is 2.18 bits per heavy atom. The van der Waals surface area contributed by atoms with Gasteiger partial charge in [0.15, 0.2) is 0 Å². The second-order valence-corrected chi connectivity index (χ2v) is 5.33. The fourth-order valence-corrected chi connectivity index (χ4v) is 2.65. The van der Waals surface area contributed by atoms with E-state index in [4.69, 9.17) is 0 Å². The maximum Gasteiger partial charge on any atom is -0.0226 e. The van der Waals surface area contributed by atoms with Gasteiger partial charge in [0.05, 0.1) is 0 Å². The highest BCUT2D eigenvalue weighted by atomic mass is 31.1. The first kappa shape index (κ1) is 12.1. The third-order valence-electron chi connectivity index (χ3n) is 2.52. The second kappa shape index (κ2) is 6.37. The van der Waals surface area contributed by atoms with Crippen LogP contribution in [0.1, 0.15) is 18.9 Å². The Morgan fingerprint density at radius 1 is 0.882 bits per heavy atom. The molecule has 17 heavy (non-hydrogen) atoms. The lowest BCUT2D eigenvalue weighted by atomic mass is 10.2. The van der Waals surface area contributed by atoms with E-state index in [-0.39, 0.29) is 0 Å². The third-order valence-corrected chi connectivity index (χ3v) is 3.76. The monoisotopic (exact) mass is 240 g/mol. The molecule has 0 nitrogen and oxygen atoms in total. The molecule has 0 aliphatic heterocycles. The van der Waals surface area contributed by atoms with Crippen molar-refractivity contribution in [1.29, 1.82) is 0 Å². The van der Waals surface area contributed by atoms with Crippen molar-refractivity contribution in [2.24, 2.45) is 0 Å². The van der Waals surface area contributed by atoms with Crippen LogP contribution in [0.2, 0.25) is 0 Å². The molecule has 2 rings (SSSR count). The Morgan fingerprint density at radius 2 is 1.53 bits per heavy atom. The maximum absolute atomic E-state index is 2.22. The number of allylic oxidation sites excluding steroid dienone is 1. The summed E-state index contributed by atoms with van der Waals surface area (Å²) >= 11 is 0. The number of rotatable bonds is 4. The van der Waals surface area contributed by atoms with E-state index < -0.39 is 0 Å². The average molecular weight is 240 g/mol. The Hall–Kier alpha value is -1.39. The number of hydrogen-bond acceptors (Lipinski definition) is 0. The third kappa shape index (κ3) is 3.84. The molecule has 86 valence electrons. The van der Waals surface area contributed by atoms with E-state index >= 15 is 0 Å². The average Bonchev–Trinajstić information content (AvgIpc) is 2.39. The molecule has 0 N–H and O–H groups in total. The lowest BCUT2D eigenvalue weighted by Crippen LogP contribution is -2.02. The zero-order valence-corrected chi connectivity index (χ0v) is 11.1. The van der Waals surface area contributed by atoms with Gasteiger partial charge in [-0.25, -0.2) is 0 Å². The summed E-state index contributed by atoms with van der Waals surface area (Å²) in [6.07, 6.45) is 5.46. The summed E-state index contributed by atoms with van der Waals surface area (Å²) in [6.45, 7) is 2.15. The van der Waals surface area contributed by atoms with Gasteiger partial charge in [-0.3, -0.25) is 0 Å². The molecule has 0 aromatic heterocycles. The molecule has 2 aromatic rings. The molecule has 0 saturated heterocycles. The van der Waals surface area contributed by atoms with Crippen LogP contribution in [0, 0.1) is 0 Å². The molecule has 0 fully saturated rings. The smallest absolute Gasteiger partial charge is 0.0226 e. The molecule has 1 atom stereocenters. The maximum atomic E-state index is 2.22. The van der Waals surface area contributed by atoms with Gasteiger partial charge < -0.3 is 0 Å². The molecule has 0 heterocycles. The highest BCUT2D eigenvalue weighted by Crippen LogP contribution is 2.11. The van der Waals surface area contributed by atoms with Gasteiger partial charge in [0.1, 0.15) is 0 Å². The van der Waals surface area contributed by atoms with Crippen LogP contribution in [0.3, 0.4) is 0 Å². The van der Waals surface area contributed by atoms with Gasteiger partial charge in [0.25, 0.3) is 0 Å². The van der Waals surface area contributed by atoms with Gasteiger partial charge in [-0.15, -0.1) is 0 Å². The minimum atomic E-state index is 0.751. The van der Waals surface area contributed by atoms with Crippen molar-refractivity contribution in [3.8, 4) is 0 Å². The molecular weight excluding hydrogens is 223 g/mol. The van der Waals surface area contributed by atoms with Crippen LogP contribution in [-0.4, -0.2) is 0 Å². The highest BCUT2D eigenvalue weighted by Gasteiger charge is 1.95. The molecule has 0 saturated carbocycles. The Labute approximate surface area is 105 Å². The Kier molecular flexibility index (Phi) is 4.53. The van der Waals surface area contributed by atoms with Crippen LogP contribution < -0.4 is 10.6 Å². The van der Waals surface area contributed by atoms with Crippen LogP contribution in [-0.2, 0) is 0 Å². The van der Waals surface area contributed by atoms with Crippen LogP contribution in [0.15, 0.2) is 60.7 Å². The highest BCUT2D eigenvalue weighted by molar-refractivity contribution is 7.55. The van der Waals surface area contributed by atoms with E-state index in [1.165, 1.54) is 16.2 Å². The van der Waals surface area contributed by atoms with Crippen molar-refractivity contribution in [2.75, 3.05) is 0 Å². The van der Waals surface area contributed by atoms with Crippen molar-refractivity contribution in [2.45, 2.75) is 13.3 Å². The number of benzene rings is 2. The number of hydrogen-bond donors (Lipinski definition) is 0. The molecule has 0 amide bonds. The second-order valence-electron chi connectivity index (χ2n) is 3.92. The van der Waals surface area contributed by atoms with Crippen molar-refractivity contribution in [3.63, 3.8) is 0 Å². The summed E-state index contributed by atoms with van der Waals surface area (Å²) in [6, 6.07) is 19.5. The first-order valence-electron chi connectivity index (χ1n) is 5.97. The summed E-state index contributed by atoms with van der Waals surface area (Å²) in [5.41, 5.74) is 1.29. The molecule has 0 spiro atoms. The van der Waals surface area contributed by atoms with Crippen LogP contribution >= 0.6 is 8.58 Å². The minimum Gasteiger partial charge on any atom is -0.0842 e. The van der Waals surface area contributed by atoms with Gasteiger partial charge >= 0.3 is 0 Å². The minimum absolute atomic E-state index is 0.751. The van der Waals surface area contributed by atoms with Crippen LogP contribution in [0.25, 0.3) is 6.08 Å². The van der Waals surface area contributed by atoms with E-state index in [1.54, 1.807) is 0 Å². The predicted molar refractivity (Wildman–Crippen MR) is 79.8 cm³/mol. The zero-order valence-electron chi connectivity index (χ0n) is 10.1. The molecule has 2 aromatic carbocycles. The Bertz CT molecular complexity index is 469. The van der Waals surface area contributed by atoms with Crippen molar-refractivity contribution >= 4 is 25.3 Å². The van der Waals surface area contributed by atoms with E-state index in [1.807, 2.05) is 0 Å². The summed E-state index contributed by atoms with van der Waals surface area (Å²) < 4.78 is 0. The largest absolute Gasteiger partial charge is 0.0842 e. The van der Waals surface area contributed by atoms with Gasteiger partial charge in [0.2, 0.25) is 0 Å². The van der Waals surface area contributed by atoms with Gasteiger partial charge in [-0.2, -0.15) is 0 Å². The first-order chi connectivity index (χ1) is 8.38. The fraction of sp³-hybridized carbons (Fsp3) is 0.125. The SMILES string of the molecule is CC/C=C/c1ccc(Pc2ccccc2)cc1. The zero-order chi connectivity index (χ0) is 11.9. The molecule has 0 radical (unpaired) electrons. The summed E-state index contributed by atoms with van der Waals surface area (Å²) in [5, 5.41) is 2.79. The summed E-state index contributed by atoms with van der Waals surface area (Å²) in [4.78, 5) is 0. The fourth-order valence-electron chi connectivity index (χ4n) is 1.62. The first-order valence-corrected chi connectivity index (χ1v) is 6.97. The summed E-state index contributed by atoms with van der Waals surface area (Å²) in [5.74, 6) is 0. The topological polar surface area (TPSA) is 0 Å². The molecule has 1 heteroatoms.